The van der Waals surface area contributed by atoms with Crippen LogP contribution in [0, 0.1) is 12.7 Å². The Balaban J connectivity index is 1.58. The molecule has 1 N–H and O–H groups in total. The fourth-order valence-corrected chi connectivity index (χ4v) is 5.57. The van der Waals surface area contributed by atoms with Crippen LogP contribution in [0.5, 0.6) is 0 Å². The van der Waals surface area contributed by atoms with Crippen molar-refractivity contribution in [2.75, 3.05) is 19.3 Å². The Morgan fingerprint density at radius 3 is 2.74 bits per heavy atom. The summed E-state index contributed by atoms with van der Waals surface area (Å²) in [4.78, 5) is 16.6. The first-order chi connectivity index (χ1) is 14.7. The summed E-state index contributed by atoms with van der Waals surface area (Å²) in [6.45, 7) is 3.24. The normalized spacial score (nSPS) is 17.4. The van der Waals surface area contributed by atoms with Gasteiger partial charge in [0.15, 0.2) is 0 Å². The van der Waals surface area contributed by atoms with Gasteiger partial charge in [0.05, 0.1) is 23.4 Å². The van der Waals surface area contributed by atoms with Gasteiger partial charge in [-0.05, 0) is 49.9 Å². The van der Waals surface area contributed by atoms with Crippen molar-refractivity contribution in [1.29, 1.82) is 0 Å². The molecule has 4 rings (SSSR count). The highest BCUT2D eigenvalue weighted by Gasteiger charge is 2.29. The number of aryl methyl sites for hydroxylation is 1. The Kier molecular flexibility index (Phi) is 6.14. The molecule has 166 valence electrons. The fourth-order valence-electron chi connectivity index (χ4n) is 3.96. The molecule has 0 radical (unpaired) electrons. The second-order valence-electron chi connectivity index (χ2n) is 7.97. The van der Waals surface area contributed by atoms with E-state index >= 15 is 0 Å². The van der Waals surface area contributed by atoms with Crippen molar-refractivity contribution in [2.24, 2.45) is 0 Å². The van der Waals surface area contributed by atoms with Crippen molar-refractivity contribution in [3.63, 3.8) is 0 Å². The number of amides is 1. The van der Waals surface area contributed by atoms with Crippen LogP contribution < -0.4 is 4.72 Å². The van der Waals surface area contributed by atoms with Gasteiger partial charge in [-0.15, -0.1) is 11.3 Å². The number of nitrogens with zero attached hydrogens (tertiary/aromatic N) is 3. The summed E-state index contributed by atoms with van der Waals surface area (Å²) in [5.74, 6) is -0.357. The van der Waals surface area contributed by atoms with E-state index in [0.717, 1.165) is 47.0 Å². The molecule has 1 fully saturated rings. The molecule has 0 bridgehead atoms. The SMILES string of the molecule is Cc1nn(Cc2ccc(F)cc2)c2sc(C(=O)N3CCCCC3CNS(C)(=O)=O)cc12. The van der Waals surface area contributed by atoms with E-state index < -0.39 is 10.0 Å². The molecule has 3 heterocycles. The molecule has 10 heteroatoms. The quantitative estimate of drug-likeness (QED) is 0.608. The van der Waals surface area contributed by atoms with Crippen LogP contribution in [0.15, 0.2) is 30.3 Å². The second-order valence-corrected chi connectivity index (χ2v) is 10.8. The third-order valence-corrected chi connectivity index (χ3v) is 7.36. The number of aromatic nitrogens is 2. The zero-order valence-corrected chi connectivity index (χ0v) is 19.1. The van der Waals surface area contributed by atoms with Crippen molar-refractivity contribution in [3.05, 3.63) is 52.3 Å². The minimum atomic E-state index is -3.31. The Morgan fingerprint density at radius 2 is 2.03 bits per heavy atom. The van der Waals surface area contributed by atoms with Gasteiger partial charge in [-0.2, -0.15) is 5.10 Å². The summed E-state index contributed by atoms with van der Waals surface area (Å²) in [5.41, 5.74) is 1.76. The van der Waals surface area contributed by atoms with Crippen LogP contribution >= 0.6 is 11.3 Å². The van der Waals surface area contributed by atoms with E-state index in [-0.39, 0.29) is 24.3 Å². The van der Waals surface area contributed by atoms with E-state index in [1.807, 2.05) is 17.7 Å². The highest BCUT2D eigenvalue weighted by molar-refractivity contribution is 7.88. The summed E-state index contributed by atoms with van der Waals surface area (Å²) in [5, 5.41) is 5.51. The first kappa shape index (κ1) is 21.9. The number of sulfonamides is 1. The Hall–Kier alpha value is -2.30. The van der Waals surface area contributed by atoms with E-state index in [4.69, 9.17) is 0 Å². The number of rotatable bonds is 6. The Labute approximate surface area is 184 Å². The molecule has 1 aliphatic rings. The number of hydrogen-bond acceptors (Lipinski definition) is 5. The number of halogens is 1. The number of piperidine rings is 1. The lowest BCUT2D eigenvalue weighted by atomic mass is 10.0. The number of carbonyl (C=O) groups is 1. The summed E-state index contributed by atoms with van der Waals surface area (Å²) in [6, 6.07) is 8.02. The molecule has 0 saturated carbocycles. The molecule has 1 unspecified atom stereocenters. The molecule has 1 amide bonds. The van der Waals surface area contributed by atoms with E-state index in [1.54, 1.807) is 17.0 Å². The van der Waals surface area contributed by atoms with Gasteiger partial charge in [-0.25, -0.2) is 17.5 Å². The highest BCUT2D eigenvalue weighted by atomic mass is 32.2. The van der Waals surface area contributed by atoms with Crippen LogP contribution in [0.4, 0.5) is 4.39 Å². The zero-order chi connectivity index (χ0) is 22.2. The zero-order valence-electron chi connectivity index (χ0n) is 17.5. The third kappa shape index (κ3) is 4.97. The maximum Gasteiger partial charge on any atom is 0.264 e. The lowest BCUT2D eigenvalue weighted by Gasteiger charge is -2.35. The minimum Gasteiger partial charge on any atom is -0.334 e. The van der Waals surface area contributed by atoms with Crippen molar-refractivity contribution >= 4 is 37.5 Å². The lowest BCUT2D eigenvalue weighted by Crippen LogP contribution is -2.49. The molecule has 1 aromatic carbocycles. The van der Waals surface area contributed by atoms with Crippen LogP contribution in [-0.2, 0) is 16.6 Å². The molecule has 3 aromatic rings. The van der Waals surface area contributed by atoms with Crippen LogP contribution in [-0.4, -0.2) is 54.4 Å². The smallest absolute Gasteiger partial charge is 0.264 e. The van der Waals surface area contributed by atoms with E-state index in [1.165, 1.54) is 23.5 Å². The molecule has 7 nitrogen and oxygen atoms in total. The molecule has 2 aromatic heterocycles. The molecule has 0 spiro atoms. The summed E-state index contributed by atoms with van der Waals surface area (Å²) >= 11 is 1.39. The molecular formula is C21H25FN4O3S2. The van der Waals surface area contributed by atoms with Gasteiger partial charge >= 0.3 is 0 Å². The van der Waals surface area contributed by atoms with Crippen LogP contribution in [0.2, 0.25) is 0 Å². The number of nitrogens with one attached hydrogen (secondary N) is 1. The topological polar surface area (TPSA) is 84.3 Å². The molecule has 31 heavy (non-hydrogen) atoms. The largest absolute Gasteiger partial charge is 0.334 e. The van der Waals surface area contributed by atoms with Crippen molar-refractivity contribution in [3.8, 4) is 0 Å². The van der Waals surface area contributed by atoms with Crippen molar-refractivity contribution < 1.29 is 17.6 Å². The van der Waals surface area contributed by atoms with E-state index in [2.05, 4.69) is 9.82 Å². The first-order valence-electron chi connectivity index (χ1n) is 10.2. The van der Waals surface area contributed by atoms with Gasteiger partial charge in [-0.1, -0.05) is 12.1 Å². The third-order valence-electron chi connectivity index (χ3n) is 5.53. The fraction of sp³-hybridized carbons (Fsp3) is 0.429. The maximum atomic E-state index is 13.3. The molecule has 1 atom stereocenters. The summed E-state index contributed by atoms with van der Waals surface area (Å²) in [7, 11) is -3.31. The minimum absolute atomic E-state index is 0.0751. The molecule has 0 aliphatic carbocycles. The monoisotopic (exact) mass is 464 g/mol. The standard InChI is InChI=1S/C21H25FN4O3S2/c1-14-18-11-19(20(27)25-10-4-3-5-17(25)12-23-31(2,28)29)30-21(18)26(24-14)13-15-6-8-16(22)9-7-15/h6-9,11,17,23H,3-5,10,12-13H2,1-2H3. The van der Waals surface area contributed by atoms with Gasteiger partial charge in [0.25, 0.3) is 5.91 Å². The summed E-state index contributed by atoms with van der Waals surface area (Å²) < 4.78 is 40.6. The van der Waals surface area contributed by atoms with Crippen LogP contribution in [0.1, 0.15) is 40.2 Å². The predicted molar refractivity (Wildman–Crippen MR) is 119 cm³/mol. The molecular weight excluding hydrogens is 439 g/mol. The Morgan fingerprint density at radius 1 is 1.29 bits per heavy atom. The number of benzene rings is 1. The Bertz CT molecular complexity index is 1200. The van der Waals surface area contributed by atoms with Gasteiger partial charge < -0.3 is 4.90 Å². The average molecular weight is 465 g/mol. The van der Waals surface area contributed by atoms with Crippen LogP contribution in [0.25, 0.3) is 10.2 Å². The lowest BCUT2D eigenvalue weighted by molar-refractivity contribution is 0.0624. The van der Waals surface area contributed by atoms with E-state index in [9.17, 15) is 17.6 Å². The molecule has 1 saturated heterocycles. The number of thiophene rings is 1. The van der Waals surface area contributed by atoms with Gasteiger partial charge in [0.2, 0.25) is 10.0 Å². The molecule has 1 aliphatic heterocycles. The number of fused-ring (bicyclic) bond motifs is 1. The number of likely N-dealkylation sites (tertiary alicyclic amines) is 1. The number of hydrogen-bond donors (Lipinski definition) is 1. The maximum absolute atomic E-state index is 13.3. The highest BCUT2D eigenvalue weighted by Crippen LogP contribution is 2.31. The van der Waals surface area contributed by atoms with E-state index in [0.29, 0.717) is 18.0 Å². The first-order valence-corrected chi connectivity index (χ1v) is 12.9. The summed E-state index contributed by atoms with van der Waals surface area (Å²) in [6.07, 6.45) is 3.78. The number of carbonyl (C=O) groups excluding carboxylic acids is 1. The van der Waals surface area contributed by atoms with Gasteiger partial charge in [0, 0.05) is 24.5 Å². The second kappa shape index (κ2) is 8.68. The average Bonchev–Trinajstić information content (AvgIpc) is 3.29. The predicted octanol–water partition coefficient (Wildman–Crippen LogP) is 3.14. The van der Waals surface area contributed by atoms with Crippen molar-refractivity contribution in [2.45, 2.75) is 38.8 Å². The van der Waals surface area contributed by atoms with Gasteiger partial charge in [0.1, 0.15) is 10.6 Å². The van der Waals surface area contributed by atoms with Crippen molar-refractivity contribution in [1.82, 2.24) is 19.4 Å². The van der Waals surface area contributed by atoms with Crippen LogP contribution in [0.3, 0.4) is 0 Å². The van der Waals surface area contributed by atoms with Gasteiger partial charge in [-0.3, -0.25) is 9.48 Å².